The molecule has 0 radical (unpaired) electrons. The molecule has 7 nitrogen and oxygen atoms in total. The highest BCUT2D eigenvalue weighted by Crippen LogP contribution is 2.27. The normalized spacial score (nSPS) is 13.6. The monoisotopic (exact) mass is 537 g/mol. The molecule has 0 atom stereocenters. The van der Waals surface area contributed by atoms with Gasteiger partial charge >= 0.3 is 0 Å². The van der Waals surface area contributed by atoms with Crippen LogP contribution in [0.3, 0.4) is 0 Å². The number of nitrogens with zero attached hydrogens (tertiary/aromatic N) is 4. The lowest BCUT2D eigenvalue weighted by Gasteiger charge is -2.35. The van der Waals surface area contributed by atoms with Crippen molar-refractivity contribution in [2.75, 3.05) is 43.4 Å². The predicted octanol–water partition coefficient (Wildman–Crippen LogP) is 4.62. The third kappa shape index (κ3) is 7.69. The van der Waals surface area contributed by atoms with Gasteiger partial charge in [0.1, 0.15) is 11.0 Å². The minimum Gasteiger partial charge on any atom is -0.355 e. The highest BCUT2D eigenvalue weighted by molar-refractivity contribution is 7.99. The Kier molecular flexibility index (Phi) is 9.79. The molecule has 3 aromatic rings. The van der Waals surface area contributed by atoms with Crippen LogP contribution in [0.5, 0.6) is 0 Å². The Bertz CT molecular complexity index is 1130. The third-order valence-corrected chi connectivity index (χ3v) is 7.45. The van der Waals surface area contributed by atoms with Gasteiger partial charge in [-0.05, 0) is 17.5 Å². The summed E-state index contributed by atoms with van der Waals surface area (Å²) in [5, 5.41) is 3.85. The molecule has 0 spiro atoms. The van der Waals surface area contributed by atoms with Gasteiger partial charge < -0.3 is 15.1 Å². The van der Waals surface area contributed by atoms with Crippen molar-refractivity contribution >= 4 is 41.0 Å². The number of hydrogen-bond donors (Lipinski definition) is 1. The second-order valence-corrected chi connectivity index (χ2v) is 10.2. The molecule has 1 aliphatic rings. The summed E-state index contributed by atoms with van der Waals surface area (Å²) in [5.41, 5.74) is 2.47. The third-order valence-electron chi connectivity index (χ3n) is 6.41. The molecule has 37 heavy (non-hydrogen) atoms. The van der Waals surface area contributed by atoms with Crippen molar-refractivity contribution in [3.8, 4) is 0 Å². The lowest BCUT2D eigenvalue weighted by molar-refractivity contribution is -0.131. The van der Waals surface area contributed by atoms with Gasteiger partial charge in [0.25, 0.3) is 0 Å². The van der Waals surface area contributed by atoms with Gasteiger partial charge in [-0.1, -0.05) is 91.0 Å². The number of hydrogen-bond acceptors (Lipinski definition) is 6. The van der Waals surface area contributed by atoms with Crippen molar-refractivity contribution in [3.05, 3.63) is 83.0 Å². The van der Waals surface area contributed by atoms with E-state index in [1.807, 2.05) is 48.2 Å². The van der Waals surface area contributed by atoms with Crippen LogP contribution in [0.25, 0.3) is 0 Å². The molecule has 1 aliphatic heterocycles. The van der Waals surface area contributed by atoms with E-state index in [2.05, 4.69) is 44.5 Å². The van der Waals surface area contributed by atoms with E-state index in [1.54, 1.807) is 6.07 Å². The Morgan fingerprint density at radius 3 is 2.19 bits per heavy atom. The molecule has 2 heterocycles. The molecular weight excluding hydrogens is 506 g/mol. The fraction of sp³-hybridized carbons (Fsp3) is 0.357. The van der Waals surface area contributed by atoms with Gasteiger partial charge in [0.05, 0.1) is 5.75 Å². The van der Waals surface area contributed by atoms with Gasteiger partial charge in [-0.3, -0.25) is 9.59 Å². The molecule has 1 fully saturated rings. The number of nitrogens with one attached hydrogen (secondary N) is 1. The molecule has 1 N–H and O–H groups in total. The van der Waals surface area contributed by atoms with E-state index in [0.29, 0.717) is 49.5 Å². The van der Waals surface area contributed by atoms with Crippen LogP contribution >= 0.6 is 23.4 Å². The van der Waals surface area contributed by atoms with Crippen molar-refractivity contribution in [2.24, 2.45) is 0 Å². The lowest BCUT2D eigenvalue weighted by Crippen LogP contribution is -2.48. The number of benzene rings is 2. The first-order chi connectivity index (χ1) is 18.0. The zero-order valence-electron chi connectivity index (χ0n) is 21.0. The molecule has 9 heteroatoms. The summed E-state index contributed by atoms with van der Waals surface area (Å²) in [4.78, 5) is 37.4. The number of rotatable bonds is 10. The summed E-state index contributed by atoms with van der Waals surface area (Å²) >= 11 is 7.54. The van der Waals surface area contributed by atoms with Crippen molar-refractivity contribution < 1.29 is 9.59 Å². The Balaban J connectivity index is 1.29. The standard InChI is InChI=1S/C28H32ClN5O2S/c1-2-27(36)34-17-15-33(16-18-34)25-19-24(29)31-28(32-25)37-20-26(35)30-14-13-23(21-9-5-3-6-10-21)22-11-7-4-8-12-22/h3-12,19,23H,2,13-18,20H2,1H3,(H,30,35). The molecule has 2 aromatic carbocycles. The predicted molar refractivity (Wildman–Crippen MR) is 149 cm³/mol. The van der Waals surface area contributed by atoms with Gasteiger partial charge in [-0.15, -0.1) is 0 Å². The summed E-state index contributed by atoms with van der Waals surface area (Å²) in [6.07, 6.45) is 1.32. The van der Waals surface area contributed by atoms with Crippen molar-refractivity contribution in [3.63, 3.8) is 0 Å². The molecule has 0 saturated carbocycles. The number of halogens is 1. The summed E-state index contributed by atoms with van der Waals surface area (Å²) in [7, 11) is 0. The minimum atomic E-state index is -0.0679. The first kappa shape index (κ1) is 26.9. The molecule has 194 valence electrons. The smallest absolute Gasteiger partial charge is 0.230 e. The molecule has 2 amide bonds. The number of aromatic nitrogens is 2. The van der Waals surface area contributed by atoms with E-state index in [4.69, 9.17) is 11.6 Å². The number of piperazine rings is 1. The van der Waals surface area contributed by atoms with Crippen LogP contribution in [0.1, 0.15) is 36.8 Å². The van der Waals surface area contributed by atoms with E-state index in [1.165, 1.54) is 22.9 Å². The van der Waals surface area contributed by atoms with Crippen molar-refractivity contribution in [2.45, 2.75) is 30.8 Å². The fourth-order valence-electron chi connectivity index (χ4n) is 4.45. The Labute approximate surface area is 227 Å². The van der Waals surface area contributed by atoms with Crippen LogP contribution in [0.4, 0.5) is 5.82 Å². The van der Waals surface area contributed by atoms with Crippen LogP contribution in [-0.4, -0.2) is 65.2 Å². The average Bonchev–Trinajstić information content (AvgIpc) is 2.94. The molecule has 1 aromatic heterocycles. The first-order valence-corrected chi connectivity index (χ1v) is 14.0. The highest BCUT2D eigenvalue weighted by Gasteiger charge is 2.22. The summed E-state index contributed by atoms with van der Waals surface area (Å²) in [6.45, 7) is 5.14. The molecule has 0 bridgehead atoms. The van der Waals surface area contributed by atoms with Gasteiger partial charge in [-0.25, -0.2) is 9.97 Å². The van der Waals surface area contributed by atoms with Crippen LogP contribution in [0.2, 0.25) is 5.15 Å². The first-order valence-electron chi connectivity index (χ1n) is 12.6. The zero-order valence-corrected chi connectivity index (χ0v) is 22.5. The van der Waals surface area contributed by atoms with Gasteiger partial charge in [0, 0.05) is 51.1 Å². The van der Waals surface area contributed by atoms with E-state index in [0.717, 1.165) is 12.2 Å². The Morgan fingerprint density at radius 1 is 0.973 bits per heavy atom. The number of thioether (sulfide) groups is 1. The van der Waals surface area contributed by atoms with Gasteiger partial charge in [0.2, 0.25) is 11.8 Å². The number of anilines is 1. The summed E-state index contributed by atoms with van der Waals surface area (Å²) < 4.78 is 0. The second-order valence-electron chi connectivity index (χ2n) is 8.85. The fourth-order valence-corrected chi connectivity index (χ4v) is 5.37. The van der Waals surface area contributed by atoms with E-state index < -0.39 is 0 Å². The maximum absolute atomic E-state index is 12.6. The average molecular weight is 538 g/mol. The second kappa shape index (κ2) is 13.4. The van der Waals surface area contributed by atoms with Crippen LogP contribution in [-0.2, 0) is 9.59 Å². The molecule has 4 rings (SSSR count). The molecule has 1 saturated heterocycles. The van der Waals surface area contributed by atoms with Gasteiger partial charge in [0.15, 0.2) is 5.16 Å². The van der Waals surface area contributed by atoms with Crippen LogP contribution < -0.4 is 10.2 Å². The SMILES string of the molecule is CCC(=O)N1CCN(c2cc(Cl)nc(SCC(=O)NCCC(c3ccccc3)c3ccccc3)n2)CC1. The molecule has 0 unspecified atom stereocenters. The zero-order chi connectivity index (χ0) is 26.0. The maximum atomic E-state index is 12.6. The number of carbonyl (C=O) groups excluding carboxylic acids is 2. The van der Waals surface area contributed by atoms with Gasteiger partial charge in [-0.2, -0.15) is 0 Å². The van der Waals surface area contributed by atoms with Crippen LogP contribution in [0.15, 0.2) is 71.9 Å². The Hall–Kier alpha value is -3.10. The molecular formula is C28H32ClN5O2S. The summed E-state index contributed by atoms with van der Waals surface area (Å²) in [5.74, 6) is 1.24. The maximum Gasteiger partial charge on any atom is 0.230 e. The number of carbonyl (C=O) groups is 2. The lowest BCUT2D eigenvalue weighted by atomic mass is 9.88. The summed E-state index contributed by atoms with van der Waals surface area (Å²) in [6, 6.07) is 22.5. The highest BCUT2D eigenvalue weighted by atomic mass is 35.5. The Morgan fingerprint density at radius 2 is 1.59 bits per heavy atom. The van der Waals surface area contributed by atoms with Crippen molar-refractivity contribution in [1.82, 2.24) is 20.2 Å². The minimum absolute atomic E-state index is 0.0679. The van der Waals surface area contributed by atoms with Crippen LogP contribution in [0, 0.1) is 0 Å². The van der Waals surface area contributed by atoms with E-state index >= 15 is 0 Å². The quantitative estimate of drug-likeness (QED) is 0.231. The van der Waals surface area contributed by atoms with Crippen molar-refractivity contribution in [1.29, 1.82) is 0 Å². The van der Waals surface area contributed by atoms with E-state index in [-0.39, 0.29) is 23.5 Å². The number of amides is 2. The molecule has 0 aliphatic carbocycles. The largest absolute Gasteiger partial charge is 0.355 e. The topological polar surface area (TPSA) is 78.4 Å². The van der Waals surface area contributed by atoms with E-state index in [9.17, 15) is 9.59 Å².